The lowest BCUT2D eigenvalue weighted by molar-refractivity contribution is -0.102. The Kier molecular flexibility index (Phi) is 5.22. The zero-order valence-electron chi connectivity index (χ0n) is 11.5. The highest BCUT2D eigenvalue weighted by Crippen LogP contribution is 2.27. The molecule has 3 nitrogen and oxygen atoms in total. The Balaban J connectivity index is 1.96. The molecule has 0 atom stereocenters. The van der Waals surface area contributed by atoms with Crippen molar-refractivity contribution < 1.29 is 4.74 Å². The van der Waals surface area contributed by atoms with Crippen LogP contribution < -0.4 is 5.32 Å². The summed E-state index contributed by atoms with van der Waals surface area (Å²) in [6.07, 6.45) is 4.07. The van der Waals surface area contributed by atoms with Crippen LogP contribution in [0.25, 0.3) is 0 Å². The Bertz CT molecular complexity index is 193. The van der Waals surface area contributed by atoms with Crippen LogP contribution in [0.15, 0.2) is 0 Å². The summed E-state index contributed by atoms with van der Waals surface area (Å²) < 4.78 is 5.90. The highest BCUT2D eigenvalue weighted by atomic mass is 16.5. The minimum Gasteiger partial charge on any atom is -0.373 e. The third kappa shape index (κ3) is 5.83. The van der Waals surface area contributed by atoms with Crippen LogP contribution >= 0.6 is 0 Å². The molecule has 0 aromatic rings. The lowest BCUT2D eigenvalue weighted by Crippen LogP contribution is -2.48. The largest absolute Gasteiger partial charge is 0.373 e. The summed E-state index contributed by atoms with van der Waals surface area (Å²) in [6.45, 7) is 8.69. The molecular formula is C13H28N2O. The molecule has 0 aromatic heterocycles. The first-order valence-electron chi connectivity index (χ1n) is 6.43. The summed E-state index contributed by atoms with van der Waals surface area (Å²) in [6, 6.07) is 0.689. The average molecular weight is 228 g/mol. The number of nitrogens with one attached hydrogen (secondary N) is 1. The molecule has 96 valence electrons. The molecule has 16 heavy (non-hydrogen) atoms. The molecule has 1 saturated carbocycles. The van der Waals surface area contributed by atoms with Crippen molar-refractivity contribution in [3.8, 4) is 0 Å². The van der Waals surface area contributed by atoms with Crippen LogP contribution in [-0.2, 0) is 4.74 Å². The Labute approximate surface area is 101 Å². The molecule has 1 rings (SSSR count). The third-order valence-corrected chi connectivity index (χ3v) is 2.83. The summed E-state index contributed by atoms with van der Waals surface area (Å²) in [5.74, 6) is 0. The molecule has 1 N–H and O–H groups in total. The predicted octanol–water partition coefficient (Wildman–Crippen LogP) is 1.87. The van der Waals surface area contributed by atoms with Gasteiger partial charge in [-0.15, -0.1) is 0 Å². The zero-order chi connectivity index (χ0) is 12.2. The van der Waals surface area contributed by atoms with E-state index in [0.717, 1.165) is 6.54 Å². The summed E-state index contributed by atoms with van der Waals surface area (Å²) in [5, 5.41) is 3.58. The normalized spacial score (nSPS) is 25.9. The maximum Gasteiger partial charge on any atom is 0.0612 e. The van der Waals surface area contributed by atoms with Gasteiger partial charge < -0.3 is 15.0 Å². The molecule has 0 saturated heterocycles. The van der Waals surface area contributed by atoms with Gasteiger partial charge >= 0.3 is 0 Å². The van der Waals surface area contributed by atoms with E-state index in [2.05, 4.69) is 45.1 Å². The van der Waals surface area contributed by atoms with E-state index >= 15 is 0 Å². The van der Waals surface area contributed by atoms with Crippen LogP contribution in [0.2, 0.25) is 0 Å². The second kappa shape index (κ2) is 5.99. The van der Waals surface area contributed by atoms with Crippen molar-refractivity contribution in [2.75, 3.05) is 27.2 Å². The molecule has 0 heterocycles. The van der Waals surface area contributed by atoms with Gasteiger partial charge in [-0.05, 0) is 67.2 Å². The Morgan fingerprint density at radius 3 is 2.38 bits per heavy atom. The number of ether oxygens (including phenoxy) is 1. The first kappa shape index (κ1) is 13.9. The van der Waals surface area contributed by atoms with E-state index < -0.39 is 0 Å². The lowest BCUT2D eigenvalue weighted by atomic mass is 9.88. The highest BCUT2D eigenvalue weighted by molar-refractivity contribution is 4.87. The van der Waals surface area contributed by atoms with Gasteiger partial charge in [-0.1, -0.05) is 0 Å². The smallest absolute Gasteiger partial charge is 0.0612 e. The molecule has 1 aliphatic carbocycles. The first-order chi connectivity index (χ1) is 7.37. The van der Waals surface area contributed by atoms with Gasteiger partial charge in [0.1, 0.15) is 0 Å². The van der Waals surface area contributed by atoms with E-state index in [4.69, 9.17) is 4.74 Å². The number of hydrogen-bond acceptors (Lipinski definition) is 3. The number of hydrogen-bond donors (Lipinski definition) is 1. The van der Waals surface area contributed by atoms with Crippen molar-refractivity contribution in [3.63, 3.8) is 0 Å². The molecule has 0 spiro atoms. The molecule has 0 bridgehead atoms. The van der Waals surface area contributed by atoms with E-state index in [1.807, 2.05) is 0 Å². The van der Waals surface area contributed by atoms with E-state index in [1.165, 1.54) is 25.8 Å². The first-order valence-corrected chi connectivity index (χ1v) is 6.43. The van der Waals surface area contributed by atoms with Gasteiger partial charge in [0, 0.05) is 6.04 Å². The standard InChI is InChI=1S/C13H28N2O/c1-13(2,3)16-12-9-11(10-12)14-7-6-8-15(4)5/h11-12,14H,6-10H2,1-5H3. The lowest BCUT2D eigenvalue weighted by Gasteiger charge is -2.39. The fourth-order valence-electron chi connectivity index (χ4n) is 2.03. The Morgan fingerprint density at radius 1 is 1.25 bits per heavy atom. The molecule has 0 unspecified atom stereocenters. The molecule has 1 fully saturated rings. The fourth-order valence-corrected chi connectivity index (χ4v) is 2.03. The van der Waals surface area contributed by atoms with Gasteiger partial charge in [0.05, 0.1) is 11.7 Å². The average Bonchev–Trinajstić information content (AvgIpc) is 2.04. The Hall–Kier alpha value is -0.120. The summed E-state index contributed by atoms with van der Waals surface area (Å²) in [4.78, 5) is 2.23. The molecule has 0 radical (unpaired) electrons. The summed E-state index contributed by atoms with van der Waals surface area (Å²) >= 11 is 0. The van der Waals surface area contributed by atoms with Gasteiger partial charge in [0.15, 0.2) is 0 Å². The maximum atomic E-state index is 5.90. The van der Waals surface area contributed by atoms with E-state index in [1.54, 1.807) is 0 Å². The van der Waals surface area contributed by atoms with Crippen molar-refractivity contribution in [2.24, 2.45) is 0 Å². The van der Waals surface area contributed by atoms with Crippen LogP contribution in [0.1, 0.15) is 40.0 Å². The molecule has 1 aliphatic rings. The van der Waals surface area contributed by atoms with E-state index in [-0.39, 0.29) is 5.60 Å². The second-order valence-corrected chi connectivity index (χ2v) is 6.13. The van der Waals surface area contributed by atoms with E-state index in [9.17, 15) is 0 Å². The van der Waals surface area contributed by atoms with Crippen molar-refractivity contribution in [3.05, 3.63) is 0 Å². The SMILES string of the molecule is CN(C)CCCNC1CC(OC(C)(C)C)C1. The minimum absolute atomic E-state index is 0.0144. The van der Waals surface area contributed by atoms with Gasteiger partial charge in [-0.25, -0.2) is 0 Å². The second-order valence-electron chi connectivity index (χ2n) is 6.13. The van der Waals surface area contributed by atoms with Crippen LogP contribution in [0.3, 0.4) is 0 Å². The van der Waals surface area contributed by atoms with Crippen LogP contribution in [0.5, 0.6) is 0 Å². The van der Waals surface area contributed by atoms with Crippen LogP contribution in [-0.4, -0.2) is 49.8 Å². The van der Waals surface area contributed by atoms with Crippen LogP contribution in [0, 0.1) is 0 Å². The number of rotatable bonds is 6. The van der Waals surface area contributed by atoms with E-state index in [0.29, 0.717) is 12.1 Å². The molecular weight excluding hydrogens is 200 g/mol. The molecule has 0 amide bonds. The Morgan fingerprint density at radius 2 is 1.88 bits per heavy atom. The maximum absolute atomic E-state index is 5.90. The molecule has 3 heteroatoms. The van der Waals surface area contributed by atoms with Crippen molar-refractivity contribution >= 4 is 0 Å². The van der Waals surface area contributed by atoms with Gasteiger partial charge in [-0.2, -0.15) is 0 Å². The summed E-state index contributed by atoms with van der Waals surface area (Å²) in [5.41, 5.74) is 0.0144. The van der Waals surface area contributed by atoms with Crippen molar-refractivity contribution in [1.29, 1.82) is 0 Å². The minimum atomic E-state index is 0.0144. The fraction of sp³-hybridized carbons (Fsp3) is 1.00. The zero-order valence-corrected chi connectivity index (χ0v) is 11.5. The van der Waals surface area contributed by atoms with Crippen LogP contribution in [0.4, 0.5) is 0 Å². The monoisotopic (exact) mass is 228 g/mol. The van der Waals surface area contributed by atoms with Gasteiger partial charge in [-0.3, -0.25) is 0 Å². The predicted molar refractivity (Wildman–Crippen MR) is 68.8 cm³/mol. The number of nitrogens with zero attached hydrogens (tertiary/aromatic N) is 1. The van der Waals surface area contributed by atoms with Gasteiger partial charge in [0.2, 0.25) is 0 Å². The quantitative estimate of drug-likeness (QED) is 0.703. The molecule has 0 aromatic carbocycles. The highest BCUT2D eigenvalue weighted by Gasteiger charge is 2.32. The van der Waals surface area contributed by atoms with Crippen molar-refractivity contribution in [2.45, 2.75) is 57.8 Å². The van der Waals surface area contributed by atoms with Gasteiger partial charge in [0.25, 0.3) is 0 Å². The third-order valence-electron chi connectivity index (χ3n) is 2.83. The molecule has 0 aliphatic heterocycles. The summed E-state index contributed by atoms with van der Waals surface area (Å²) in [7, 11) is 4.24. The topological polar surface area (TPSA) is 24.5 Å². The van der Waals surface area contributed by atoms with Crippen molar-refractivity contribution in [1.82, 2.24) is 10.2 Å².